The zero-order valence-corrected chi connectivity index (χ0v) is 15.0. The Morgan fingerprint density at radius 1 is 1.26 bits per heavy atom. The van der Waals surface area contributed by atoms with Crippen LogP contribution in [-0.4, -0.2) is 49.4 Å². The fraction of sp³-hybridized carbons (Fsp3) is 0.588. The van der Waals surface area contributed by atoms with Crippen molar-refractivity contribution in [2.45, 2.75) is 33.2 Å². The van der Waals surface area contributed by atoms with Crippen molar-refractivity contribution in [3.63, 3.8) is 0 Å². The van der Waals surface area contributed by atoms with Gasteiger partial charge in [0.25, 0.3) is 0 Å². The van der Waals surface area contributed by atoms with Crippen molar-refractivity contribution >= 4 is 15.9 Å². The molecule has 6 heteroatoms. The molecule has 1 amide bonds. The maximum absolute atomic E-state index is 12.8. The zero-order valence-electron chi connectivity index (χ0n) is 14.2. The molecule has 1 aromatic rings. The van der Waals surface area contributed by atoms with Gasteiger partial charge in [0.15, 0.2) is 0 Å². The van der Waals surface area contributed by atoms with Gasteiger partial charge in [0.2, 0.25) is 15.9 Å². The molecule has 1 saturated heterocycles. The van der Waals surface area contributed by atoms with Crippen LogP contribution in [0, 0.1) is 12.8 Å². The average Bonchev–Trinajstić information content (AvgIpc) is 2.53. The molecule has 0 saturated carbocycles. The van der Waals surface area contributed by atoms with Crippen LogP contribution < -0.4 is 0 Å². The highest BCUT2D eigenvalue weighted by molar-refractivity contribution is 7.88. The van der Waals surface area contributed by atoms with Crippen LogP contribution in [0.15, 0.2) is 24.3 Å². The number of hydrogen-bond donors (Lipinski definition) is 0. The highest BCUT2D eigenvalue weighted by Gasteiger charge is 2.31. The number of nitrogens with zero attached hydrogens (tertiary/aromatic N) is 2. The molecular weight excluding hydrogens is 312 g/mol. The van der Waals surface area contributed by atoms with Crippen molar-refractivity contribution in [2.75, 3.05) is 25.9 Å². The Hall–Kier alpha value is -1.40. The van der Waals surface area contributed by atoms with Gasteiger partial charge in [0.05, 0.1) is 6.26 Å². The summed E-state index contributed by atoms with van der Waals surface area (Å²) in [7, 11) is -3.15. The second-order valence-corrected chi connectivity index (χ2v) is 8.20. The highest BCUT2D eigenvalue weighted by Crippen LogP contribution is 2.22. The number of aryl methyl sites for hydroxylation is 1. The summed E-state index contributed by atoms with van der Waals surface area (Å²) in [5.41, 5.74) is 2.35. The molecule has 1 aliphatic heterocycles. The van der Waals surface area contributed by atoms with E-state index >= 15 is 0 Å². The molecule has 5 nitrogen and oxygen atoms in total. The molecule has 0 bridgehead atoms. The number of sulfonamides is 1. The maximum atomic E-state index is 12.8. The second-order valence-electron chi connectivity index (χ2n) is 6.22. The van der Waals surface area contributed by atoms with Gasteiger partial charge in [-0.1, -0.05) is 24.3 Å². The van der Waals surface area contributed by atoms with E-state index in [1.54, 1.807) is 0 Å². The summed E-state index contributed by atoms with van der Waals surface area (Å²) in [6.45, 7) is 6.21. The van der Waals surface area contributed by atoms with Crippen molar-refractivity contribution < 1.29 is 13.2 Å². The number of rotatable bonds is 5. The van der Waals surface area contributed by atoms with E-state index in [4.69, 9.17) is 0 Å². The number of carbonyl (C=O) groups excluding carboxylic acids is 1. The molecule has 0 aromatic heterocycles. The molecule has 1 fully saturated rings. The summed E-state index contributed by atoms with van der Waals surface area (Å²) in [6, 6.07) is 8.10. The molecule has 0 radical (unpaired) electrons. The van der Waals surface area contributed by atoms with Crippen LogP contribution in [0.3, 0.4) is 0 Å². The quantitative estimate of drug-likeness (QED) is 0.825. The van der Waals surface area contributed by atoms with Crippen LogP contribution in [0.1, 0.15) is 30.9 Å². The largest absolute Gasteiger partial charge is 0.338 e. The Kier molecular flexibility index (Phi) is 5.81. The summed E-state index contributed by atoms with van der Waals surface area (Å²) < 4.78 is 24.6. The lowest BCUT2D eigenvalue weighted by Gasteiger charge is -2.33. The standard InChI is InChI=1S/C17H26N2O3S/c1-4-18(13-16-8-6-5-7-14(16)2)17(20)15-9-11-19(12-10-15)23(3,21)22/h5-8,15H,4,9-13H2,1-3H3. The third-order valence-electron chi connectivity index (χ3n) is 4.59. The van der Waals surface area contributed by atoms with Gasteiger partial charge in [-0.05, 0) is 37.8 Å². The molecule has 1 aromatic carbocycles. The number of hydrogen-bond acceptors (Lipinski definition) is 3. The molecule has 0 spiro atoms. The van der Waals surface area contributed by atoms with Crippen molar-refractivity contribution in [1.29, 1.82) is 0 Å². The fourth-order valence-electron chi connectivity index (χ4n) is 3.03. The van der Waals surface area contributed by atoms with Crippen LogP contribution in [0.5, 0.6) is 0 Å². The lowest BCUT2D eigenvalue weighted by molar-refractivity contribution is -0.137. The van der Waals surface area contributed by atoms with E-state index in [0.29, 0.717) is 39.0 Å². The van der Waals surface area contributed by atoms with Crippen molar-refractivity contribution in [3.05, 3.63) is 35.4 Å². The third kappa shape index (κ3) is 4.54. The molecule has 1 heterocycles. The first kappa shape index (κ1) is 17.9. The van der Waals surface area contributed by atoms with E-state index in [0.717, 1.165) is 5.56 Å². The average molecular weight is 338 g/mol. The first-order valence-corrected chi connectivity index (χ1v) is 9.96. The summed E-state index contributed by atoms with van der Waals surface area (Å²) >= 11 is 0. The lowest BCUT2D eigenvalue weighted by atomic mass is 9.96. The predicted molar refractivity (Wildman–Crippen MR) is 91.4 cm³/mol. The minimum Gasteiger partial charge on any atom is -0.338 e. The summed E-state index contributed by atoms with van der Waals surface area (Å²) in [5.74, 6) is 0.0703. The van der Waals surface area contributed by atoms with Gasteiger partial charge in [0.1, 0.15) is 0 Å². The molecule has 0 N–H and O–H groups in total. The first-order chi connectivity index (χ1) is 10.8. The van der Waals surface area contributed by atoms with Gasteiger partial charge in [-0.15, -0.1) is 0 Å². The monoisotopic (exact) mass is 338 g/mol. The molecule has 0 unspecified atom stereocenters. The SMILES string of the molecule is CCN(Cc1ccccc1C)C(=O)C1CCN(S(C)(=O)=O)CC1. The van der Waals surface area contributed by atoms with E-state index < -0.39 is 10.0 Å². The minimum atomic E-state index is -3.15. The van der Waals surface area contributed by atoms with Crippen LogP contribution >= 0.6 is 0 Å². The van der Waals surface area contributed by atoms with E-state index in [2.05, 4.69) is 19.1 Å². The smallest absolute Gasteiger partial charge is 0.226 e. The van der Waals surface area contributed by atoms with Gasteiger partial charge in [-0.25, -0.2) is 12.7 Å². The second kappa shape index (κ2) is 7.45. The van der Waals surface area contributed by atoms with Gasteiger partial charge >= 0.3 is 0 Å². The normalized spacial score (nSPS) is 17.2. The van der Waals surface area contributed by atoms with Gasteiger partial charge in [-0.2, -0.15) is 0 Å². The Bertz CT molecular complexity index is 650. The van der Waals surface area contributed by atoms with Crippen LogP contribution in [0.4, 0.5) is 0 Å². The van der Waals surface area contributed by atoms with E-state index in [-0.39, 0.29) is 11.8 Å². The first-order valence-electron chi connectivity index (χ1n) is 8.11. The van der Waals surface area contributed by atoms with E-state index in [9.17, 15) is 13.2 Å². The van der Waals surface area contributed by atoms with E-state index in [1.807, 2.05) is 24.0 Å². The van der Waals surface area contributed by atoms with Crippen LogP contribution in [0.25, 0.3) is 0 Å². The highest BCUT2D eigenvalue weighted by atomic mass is 32.2. The van der Waals surface area contributed by atoms with Crippen molar-refractivity contribution in [2.24, 2.45) is 5.92 Å². The maximum Gasteiger partial charge on any atom is 0.226 e. The molecule has 0 atom stereocenters. The number of amides is 1. The number of carbonyl (C=O) groups is 1. The zero-order chi connectivity index (χ0) is 17.0. The minimum absolute atomic E-state index is 0.0723. The van der Waals surface area contributed by atoms with Crippen LogP contribution in [-0.2, 0) is 21.4 Å². The molecule has 23 heavy (non-hydrogen) atoms. The Morgan fingerprint density at radius 2 is 1.87 bits per heavy atom. The molecule has 1 aliphatic rings. The predicted octanol–water partition coefficient (Wildman–Crippen LogP) is 2.02. The summed E-state index contributed by atoms with van der Waals surface area (Å²) in [5, 5.41) is 0. The Morgan fingerprint density at radius 3 is 2.39 bits per heavy atom. The van der Waals surface area contributed by atoms with Crippen molar-refractivity contribution in [1.82, 2.24) is 9.21 Å². The molecule has 0 aliphatic carbocycles. The van der Waals surface area contributed by atoms with Gasteiger partial charge in [-0.3, -0.25) is 4.79 Å². The lowest BCUT2D eigenvalue weighted by Crippen LogP contribution is -2.43. The van der Waals surface area contributed by atoms with Gasteiger partial charge < -0.3 is 4.90 Å². The van der Waals surface area contributed by atoms with Crippen molar-refractivity contribution in [3.8, 4) is 0 Å². The molecule has 2 rings (SSSR count). The fourth-order valence-corrected chi connectivity index (χ4v) is 3.91. The third-order valence-corrected chi connectivity index (χ3v) is 5.89. The topological polar surface area (TPSA) is 57.7 Å². The Balaban J connectivity index is 2.00. The van der Waals surface area contributed by atoms with Gasteiger partial charge in [0, 0.05) is 32.1 Å². The summed E-state index contributed by atoms with van der Waals surface area (Å²) in [6.07, 6.45) is 2.44. The van der Waals surface area contributed by atoms with E-state index in [1.165, 1.54) is 16.1 Å². The number of benzene rings is 1. The number of piperidine rings is 1. The molecular formula is C17H26N2O3S. The van der Waals surface area contributed by atoms with Crippen LogP contribution in [0.2, 0.25) is 0 Å². The summed E-state index contributed by atoms with van der Waals surface area (Å²) in [4.78, 5) is 14.6. The molecule has 128 valence electrons. The Labute approximate surface area is 139 Å².